The number of rotatable bonds is 3. The number of benzene rings is 4. The molecule has 9 rings (SSSR count). The Balaban J connectivity index is 1.35. The minimum Gasteiger partial charge on any atom is -0.294 e. The van der Waals surface area contributed by atoms with Crippen molar-refractivity contribution in [2.24, 2.45) is 0 Å². The molecule has 0 saturated carbocycles. The molecule has 1 aliphatic heterocycles. The molecule has 2 aliphatic rings. The molecule has 198 valence electrons. The first kappa shape index (κ1) is 23.8. The van der Waals surface area contributed by atoms with Gasteiger partial charge in [-0.1, -0.05) is 97.1 Å². The Morgan fingerprint density at radius 3 is 1.62 bits per heavy atom. The fourth-order valence-corrected chi connectivity index (χ4v) is 8.90. The smallest absolute Gasteiger partial charge is 0.162 e. The van der Waals surface area contributed by atoms with Crippen molar-refractivity contribution in [3.63, 3.8) is 0 Å². The molecule has 0 radical (unpaired) electrons. The summed E-state index contributed by atoms with van der Waals surface area (Å²) in [5.41, 5.74) is 10.2. The minimum absolute atomic E-state index is 0.369. The molecule has 0 bridgehead atoms. The highest BCUT2D eigenvalue weighted by Crippen LogP contribution is 2.65. The van der Waals surface area contributed by atoms with Gasteiger partial charge in [-0.15, -0.1) is 22.7 Å². The summed E-state index contributed by atoms with van der Waals surface area (Å²) in [6.07, 6.45) is 0. The lowest BCUT2D eigenvalue weighted by atomic mass is 9.65. The molecule has 5 heteroatoms. The second-order valence-electron chi connectivity index (χ2n) is 10.6. The van der Waals surface area contributed by atoms with Crippen LogP contribution in [-0.2, 0) is 5.41 Å². The fraction of sp³-hybridized carbons (Fsp3) is 0.0270. The zero-order valence-electron chi connectivity index (χ0n) is 22.4. The average molecular weight is 574 g/mol. The molecular weight excluding hydrogens is 551 g/mol. The Morgan fingerprint density at radius 1 is 0.500 bits per heavy atom. The van der Waals surface area contributed by atoms with Gasteiger partial charge < -0.3 is 0 Å². The van der Waals surface area contributed by atoms with Gasteiger partial charge in [0, 0.05) is 26.9 Å². The number of anilines is 3. The number of hydrogen-bond donors (Lipinski definition) is 0. The number of fused-ring (bicyclic) bond motifs is 9. The Kier molecular flexibility index (Phi) is 5.15. The van der Waals surface area contributed by atoms with Crippen LogP contribution in [0.15, 0.2) is 138 Å². The molecule has 7 aromatic rings. The highest BCUT2D eigenvalue weighted by Gasteiger charge is 2.52. The fourth-order valence-electron chi connectivity index (χ4n) is 6.80. The van der Waals surface area contributed by atoms with E-state index < -0.39 is 0 Å². The van der Waals surface area contributed by atoms with E-state index in [9.17, 15) is 0 Å². The van der Waals surface area contributed by atoms with Crippen molar-refractivity contribution in [3.8, 4) is 32.4 Å². The maximum atomic E-state index is 5.25. The van der Waals surface area contributed by atoms with E-state index in [0.29, 0.717) is 5.82 Å². The van der Waals surface area contributed by atoms with Crippen molar-refractivity contribution >= 4 is 39.9 Å². The van der Waals surface area contributed by atoms with Gasteiger partial charge in [0.2, 0.25) is 0 Å². The van der Waals surface area contributed by atoms with E-state index >= 15 is 0 Å². The molecule has 0 saturated heterocycles. The normalized spacial score (nSPS) is 13.9. The molecule has 0 atom stereocenters. The number of thiophene rings is 2. The van der Waals surface area contributed by atoms with Gasteiger partial charge in [-0.3, -0.25) is 4.90 Å². The molecule has 4 aromatic carbocycles. The Morgan fingerprint density at radius 2 is 1.02 bits per heavy atom. The van der Waals surface area contributed by atoms with Crippen LogP contribution in [0, 0.1) is 0 Å². The van der Waals surface area contributed by atoms with Crippen molar-refractivity contribution in [1.82, 2.24) is 9.97 Å². The standard InChI is InChI=1S/C37H23N3S2/c1-3-11-24(12-4-1)30-23-33(39-36(38-30)25-13-5-2-6-14-25)40-31-17-9-7-15-26(31)37(27-16-8-10-18-32(27)40)28-19-21-41-34(28)35-29(37)20-22-42-35/h1-23H. The lowest BCUT2D eigenvalue weighted by Crippen LogP contribution is -2.36. The van der Waals surface area contributed by atoms with E-state index in [2.05, 4.69) is 119 Å². The topological polar surface area (TPSA) is 29.0 Å². The lowest BCUT2D eigenvalue weighted by molar-refractivity contribution is 0.754. The third kappa shape index (κ3) is 3.20. The Labute approximate surface area is 252 Å². The minimum atomic E-state index is -0.369. The van der Waals surface area contributed by atoms with Crippen LogP contribution in [-0.4, -0.2) is 9.97 Å². The van der Waals surface area contributed by atoms with E-state index in [1.54, 1.807) is 0 Å². The molecule has 1 aliphatic carbocycles. The van der Waals surface area contributed by atoms with Crippen molar-refractivity contribution in [2.75, 3.05) is 4.90 Å². The van der Waals surface area contributed by atoms with Crippen molar-refractivity contribution < 1.29 is 0 Å². The predicted molar refractivity (Wildman–Crippen MR) is 174 cm³/mol. The summed E-state index contributed by atoms with van der Waals surface area (Å²) in [6.45, 7) is 0. The Bertz CT molecular complexity index is 1960. The van der Waals surface area contributed by atoms with Crippen LogP contribution in [0.5, 0.6) is 0 Å². The molecule has 42 heavy (non-hydrogen) atoms. The number of hydrogen-bond acceptors (Lipinski definition) is 5. The summed E-state index contributed by atoms with van der Waals surface area (Å²) in [4.78, 5) is 15.4. The SMILES string of the molecule is c1ccc(-c2cc(N3c4ccccc4C4(c5ccccc53)c3ccsc3-c3sccc34)nc(-c3ccccc3)n2)cc1. The second kappa shape index (κ2) is 9.08. The van der Waals surface area contributed by atoms with E-state index in [0.717, 1.165) is 34.0 Å². The number of nitrogens with zero attached hydrogens (tertiary/aromatic N) is 3. The highest BCUT2D eigenvalue weighted by molar-refractivity contribution is 7.21. The quantitative estimate of drug-likeness (QED) is 0.211. The van der Waals surface area contributed by atoms with Gasteiger partial charge in [-0.2, -0.15) is 0 Å². The monoisotopic (exact) mass is 573 g/mol. The first-order valence-corrected chi connectivity index (χ1v) is 15.8. The van der Waals surface area contributed by atoms with Gasteiger partial charge in [-0.25, -0.2) is 9.97 Å². The zero-order chi connectivity index (χ0) is 27.7. The largest absolute Gasteiger partial charge is 0.294 e. The Hall–Kier alpha value is -4.84. The summed E-state index contributed by atoms with van der Waals surface area (Å²) >= 11 is 3.70. The third-order valence-corrected chi connectivity index (χ3v) is 10.5. The molecule has 0 amide bonds. The van der Waals surface area contributed by atoms with Crippen molar-refractivity contribution in [1.29, 1.82) is 0 Å². The molecule has 4 heterocycles. The van der Waals surface area contributed by atoms with Crippen LogP contribution >= 0.6 is 22.7 Å². The maximum absolute atomic E-state index is 5.25. The van der Waals surface area contributed by atoms with Crippen molar-refractivity contribution in [3.05, 3.63) is 160 Å². The first-order valence-electron chi connectivity index (χ1n) is 14.0. The van der Waals surface area contributed by atoms with Crippen LogP contribution in [0.25, 0.3) is 32.4 Å². The van der Waals surface area contributed by atoms with Crippen LogP contribution in [0.2, 0.25) is 0 Å². The first-order chi connectivity index (χ1) is 20.8. The van der Waals surface area contributed by atoms with Gasteiger partial charge in [0.25, 0.3) is 0 Å². The molecule has 3 aromatic heterocycles. The maximum Gasteiger partial charge on any atom is 0.162 e. The van der Waals surface area contributed by atoms with Crippen LogP contribution in [0.3, 0.4) is 0 Å². The van der Waals surface area contributed by atoms with Crippen molar-refractivity contribution in [2.45, 2.75) is 5.41 Å². The summed E-state index contributed by atoms with van der Waals surface area (Å²) < 4.78 is 0. The van der Waals surface area contributed by atoms with E-state index in [-0.39, 0.29) is 5.41 Å². The molecule has 3 nitrogen and oxygen atoms in total. The second-order valence-corrected chi connectivity index (χ2v) is 12.4. The highest BCUT2D eigenvalue weighted by atomic mass is 32.1. The van der Waals surface area contributed by atoms with Crippen LogP contribution < -0.4 is 4.90 Å². The predicted octanol–water partition coefficient (Wildman–Crippen LogP) is 10.1. The lowest BCUT2D eigenvalue weighted by Gasteiger charge is -2.44. The summed E-state index contributed by atoms with van der Waals surface area (Å²) in [6, 6.07) is 45.2. The van der Waals surface area contributed by atoms with E-state index in [1.165, 1.54) is 32.0 Å². The van der Waals surface area contributed by atoms with Gasteiger partial charge in [-0.05, 0) is 57.3 Å². The van der Waals surface area contributed by atoms with E-state index in [4.69, 9.17) is 9.97 Å². The van der Waals surface area contributed by atoms with Crippen LogP contribution in [0.1, 0.15) is 22.3 Å². The van der Waals surface area contributed by atoms with Gasteiger partial charge in [0.15, 0.2) is 5.82 Å². The summed E-state index contributed by atoms with van der Waals surface area (Å²) in [7, 11) is 0. The number of aromatic nitrogens is 2. The zero-order valence-corrected chi connectivity index (χ0v) is 24.1. The molecule has 0 N–H and O–H groups in total. The average Bonchev–Trinajstić information content (AvgIpc) is 3.79. The van der Waals surface area contributed by atoms with E-state index in [1.807, 2.05) is 46.9 Å². The molecular formula is C37H23N3S2. The van der Waals surface area contributed by atoms with Gasteiger partial charge in [0.05, 0.1) is 22.5 Å². The van der Waals surface area contributed by atoms with Crippen LogP contribution in [0.4, 0.5) is 17.2 Å². The summed E-state index contributed by atoms with van der Waals surface area (Å²) in [5, 5.41) is 4.49. The van der Waals surface area contributed by atoms with Gasteiger partial charge >= 0.3 is 0 Å². The molecule has 1 spiro atoms. The number of para-hydroxylation sites is 2. The summed E-state index contributed by atoms with van der Waals surface area (Å²) in [5.74, 6) is 1.56. The molecule has 0 unspecified atom stereocenters. The third-order valence-electron chi connectivity index (χ3n) is 8.49. The van der Waals surface area contributed by atoms with Gasteiger partial charge in [0.1, 0.15) is 5.82 Å². The molecule has 0 fully saturated rings.